The molecule has 1 unspecified atom stereocenters. The van der Waals surface area contributed by atoms with Gasteiger partial charge in [-0.15, -0.1) is 0 Å². The number of aryl methyl sites for hydroxylation is 2. The summed E-state index contributed by atoms with van der Waals surface area (Å²) >= 11 is 3.52. The average Bonchev–Trinajstić information content (AvgIpc) is 2.63. The molecule has 0 aliphatic carbocycles. The first kappa shape index (κ1) is 11.0. The van der Waals surface area contributed by atoms with Crippen LogP contribution in [0.15, 0.2) is 16.6 Å². The fourth-order valence-corrected chi connectivity index (χ4v) is 2.81. The van der Waals surface area contributed by atoms with Crippen LogP contribution in [-0.4, -0.2) is 19.1 Å². The van der Waals surface area contributed by atoms with Gasteiger partial charge >= 0.3 is 0 Å². The minimum absolute atomic E-state index is 0.587. The van der Waals surface area contributed by atoms with E-state index in [4.69, 9.17) is 0 Å². The molecule has 0 aromatic heterocycles. The largest absolute Gasteiger partial charge is 0.381 e. The molecule has 2 nitrogen and oxygen atoms in total. The number of hydrogen-bond donors (Lipinski definition) is 2. The summed E-state index contributed by atoms with van der Waals surface area (Å²) in [4.78, 5) is 0. The highest BCUT2D eigenvalue weighted by Crippen LogP contribution is 2.26. The lowest BCUT2D eigenvalue weighted by Gasteiger charge is -2.18. The van der Waals surface area contributed by atoms with Crippen LogP contribution in [0.2, 0.25) is 0 Å². The summed E-state index contributed by atoms with van der Waals surface area (Å²) in [5.74, 6) is 0. The Kier molecular flexibility index (Phi) is 3.32. The summed E-state index contributed by atoms with van der Waals surface area (Å²) in [6, 6.07) is 4.92. The zero-order valence-electron chi connectivity index (χ0n) is 9.23. The van der Waals surface area contributed by atoms with E-state index in [-0.39, 0.29) is 0 Å². The fourth-order valence-electron chi connectivity index (χ4n) is 2.12. The lowest BCUT2D eigenvalue weighted by molar-refractivity contribution is 0.791. The van der Waals surface area contributed by atoms with Gasteiger partial charge in [0, 0.05) is 22.7 Å². The van der Waals surface area contributed by atoms with Gasteiger partial charge < -0.3 is 10.6 Å². The molecule has 1 atom stereocenters. The summed E-state index contributed by atoms with van der Waals surface area (Å²) in [5.41, 5.74) is 3.93. The van der Waals surface area contributed by atoms with Crippen LogP contribution >= 0.6 is 15.9 Å². The molecule has 0 amide bonds. The third-order valence-electron chi connectivity index (χ3n) is 2.91. The van der Waals surface area contributed by atoms with Gasteiger partial charge in [-0.1, -0.05) is 15.9 Å². The molecular formula is C12H17BrN2. The summed E-state index contributed by atoms with van der Waals surface area (Å²) < 4.78 is 1.16. The van der Waals surface area contributed by atoms with Gasteiger partial charge in [0.1, 0.15) is 0 Å². The van der Waals surface area contributed by atoms with Crippen molar-refractivity contribution in [3.05, 3.63) is 27.7 Å². The van der Waals surface area contributed by atoms with Crippen LogP contribution in [0, 0.1) is 13.8 Å². The van der Waals surface area contributed by atoms with E-state index in [1.54, 1.807) is 0 Å². The molecule has 2 rings (SSSR count). The van der Waals surface area contributed by atoms with Gasteiger partial charge in [0.15, 0.2) is 0 Å². The molecule has 1 fully saturated rings. The summed E-state index contributed by atoms with van der Waals surface area (Å²) in [6.45, 7) is 6.52. The fraction of sp³-hybridized carbons (Fsp3) is 0.500. The van der Waals surface area contributed by atoms with Crippen molar-refractivity contribution in [3.63, 3.8) is 0 Å². The topological polar surface area (TPSA) is 24.1 Å². The Morgan fingerprint density at radius 1 is 1.33 bits per heavy atom. The summed E-state index contributed by atoms with van der Waals surface area (Å²) in [5, 5.41) is 6.99. The van der Waals surface area contributed by atoms with Crippen LogP contribution in [0.25, 0.3) is 0 Å². The number of halogens is 1. The van der Waals surface area contributed by atoms with E-state index in [9.17, 15) is 0 Å². The lowest BCUT2D eigenvalue weighted by Crippen LogP contribution is -2.23. The quantitative estimate of drug-likeness (QED) is 0.862. The summed E-state index contributed by atoms with van der Waals surface area (Å²) in [7, 11) is 0. The number of benzene rings is 1. The van der Waals surface area contributed by atoms with Crippen molar-refractivity contribution in [1.29, 1.82) is 0 Å². The molecule has 1 aliphatic rings. The first-order valence-electron chi connectivity index (χ1n) is 5.41. The molecule has 3 heteroatoms. The Labute approximate surface area is 99.6 Å². The molecule has 15 heavy (non-hydrogen) atoms. The molecule has 0 radical (unpaired) electrons. The van der Waals surface area contributed by atoms with E-state index in [1.807, 2.05) is 0 Å². The van der Waals surface area contributed by atoms with Crippen molar-refractivity contribution < 1.29 is 0 Å². The standard InChI is InChI=1S/C12H17BrN2/c1-8-5-10(13)6-9(2)12(8)15-11-3-4-14-7-11/h5-6,11,14-15H,3-4,7H2,1-2H3. The SMILES string of the molecule is Cc1cc(Br)cc(C)c1NC1CCNC1. The molecule has 2 N–H and O–H groups in total. The van der Waals surface area contributed by atoms with Gasteiger partial charge in [0.25, 0.3) is 0 Å². The molecule has 1 aliphatic heterocycles. The van der Waals surface area contributed by atoms with Gasteiger partial charge in [-0.2, -0.15) is 0 Å². The van der Waals surface area contributed by atoms with Gasteiger partial charge in [0.2, 0.25) is 0 Å². The second kappa shape index (κ2) is 4.54. The van der Waals surface area contributed by atoms with Crippen LogP contribution in [0.1, 0.15) is 17.5 Å². The van der Waals surface area contributed by atoms with Gasteiger partial charge in [-0.05, 0) is 50.1 Å². The van der Waals surface area contributed by atoms with Crippen molar-refractivity contribution in [2.75, 3.05) is 18.4 Å². The van der Waals surface area contributed by atoms with Crippen LogP contribution in [0.4, 0.5) is 5.69 Å². The van der Waals surface area contributed by atoms with Gasteiger partial charge in [-0.3, -0.25) is 0 Å². The molecule has 1 aromatic carbocycles. The predicted octanol–water partition coefficient (Wildman–Crippen LogP) is 2.84. The molecule has 1 saturated heterocycles. The van der Waals surface area contributed by atoms with Crippen molar-refractivity contribution in [2.24, 2.45) is 0 Å². The first-order valence-corrected chi connectivity index (χ1v) is 6.20. The number of rotatable bonds is 2. The predicted molar refractivity (Wildman–Crippen MR) is 68.5 cm³/mol. The Morgan fingerprint density at radius 3 is 2.53 bits per heavy atom. The smallest absolute Gasteiger partial charge is 0.0402 e. The Balaban J connectivity index is 2.19. The zero-order valence-corrected chi connectivity index (χ0v) is 10.8. The van der Waals surface area contributed by atoms with Crippen LogP contribution in [0.5, 0.6) is 0 Å². The van der Waals surface area contributed by atoms with Crippen molar-refractivity contribution >= 4 is 21.6 Å². The first-order chi connectivity index (χ1) is 7.16. The molecule has 0 bridgehead atoms. The maximum Gasteiger partial charge on any atom is 0.0402 e. The Hall–Kier alpha value is -0.540. The van der Waals surface area contributed by atoms with Crippen molar-refractivity contribution in [3.8, 4) is 0 Å². The molecular weight excluding hydrogens is 252 g/mol. The lowest BCUT2D eigenvalue weighted by atomic mass is 10.1. The Bertz CT molecular complexity index is 334. The van der Waals surface area contributed by atoms with E-state index >= 15 is 0 Å². The molecule has 1 heterocycles. The van der Waals surface area contributed by atoms with Crippen LogP contribution < -0.4 is 10.6 Å². The molecule has 0 saturated carbocycles. The molecule has 1 aromatic rings. The minimum Gasteiger partial charge on any atom is -0.381 e. The minimum atomic E-state index is 0.587. The zero-order chi connectivity index (χ0) is 10.8. The highest BCUT2D eigenvalue weighted by molar-refractivity contribution is 9.10. The maximum atomic E-state index is 3.62. The molecule has 82 valence electrons. The Morgan fingerprint density at radius 2 is 2.00 bits per heavy atom. The van der Waals surface area contributed by atoms with Gasteiger partial charge in [-0.25, -0.2) is 0 Å². The van der Waals surface area contributed by atoms with Crippen molar-refractivity contribution in [2.45, 2.75) is 26.3 Å². The second-order valence-corrected chi connectivity index (χ2v) is 5.16. The van der Waals surface area contributed by atoms with Crippen LogP contribution in [-0.2, 0) is 0 Å². The highest BCUT2D eigenvalue weighted by Gasteiger charge is 2.15. The third kappa shape index (κ3) is 2.52. The number of anilines is 1. The van der Waals surface area contributed by atoms with E-state index in [2.05, 4.69) is 52.5 Å². The normalized spacial score (nSPS) is 20.6. The van der Waals surface area contributed by atoms with E-state index < -0.39 is 0 Å². The second-order valence-electron chi connectivity index (χ2n) is 4.25. The highest BCUT2D eigenvalue weighted by atomic mass is 79.9. The van der Waals surface area contributed by atoms with Crippen LogP contribution in [0.3, 0.4) is 0 Å². The number of nitrogens with one attached hydrogen (secondary N) is 2. The average molecular weight is 269 g/mol. The van der Waals surface area contributed by atoms with E-state index in [0.29, 0.717) is 6.04 Å². The van der Waals surface area contributed by atoms with Crippen molar-refractivity contribution in [1.82, 2.24) is 5.32 Å². The monoisotopic (exact) mass is 268 g/mol. The van der Waals surface area contributed by atoms with Gasteiger partial charge in [0.05, 0.1) is 0 Å². The summed E-state index contributed by atoms with van der Waals surface area (Å²) in [6.07, 6.45) is 1.22. The number of hydrogen-bond acceptors (Lipinski definition) is 2. The third-order valence-corrected chi connectivity index (χ3v) is 3.36. The van der Waals surface area contributed by atoms with E-state index in [0.717, 1.165) is 17.6 Å². The maximum absolute atomic E-state index is 3.62. The molecule has 0 spiro atoms. The van der Waals surface area contributed by atoms with E-state index in [1.165, 1.54) is 23.2 Å².